The molecule has 0 aromatic heterocycles. The lowest BCUT2D eigenvalue weighted by molar-refractivity contribution is -0.138. The van der Waals surface area contributed by atoms with Crippen LogP contribution in [0.25, 0.3) is 0 Å². The molecule has 0 heterocycles. The van der Waals surface area contributed by atoms with Gasteiger partial charge in [-0.15, -0.1) is 0 Å². The first-order chi connectivity index (χ1) is 8.60. The zero-order chi connectivity index (χ0) is 13.5. The Balaban J connectivity index is 2.70. The molecule has 94 valence electrons. The maximum Gasteiger partial charge on any atom is 0.335 e. The van der Waals surface area contributed by atoms with Crippen molar-refractivity contribution in [2.45, 2.75) is 6.92 Å². The highest BCUT2D eigenvalue weighted by Gasteiger charge is 2.10. The van der Waals surface area contributed by atoms with E-state index >= 15 is 0 Å². The number of anilines is 1. The Labute approximate surface area is 105 Å². The normalized spacial score (nSPS) is 9.39. The molecular formula is C13H13FN2O2. The predicted octanol–water partition coefficient (Wildman–Crippen LogP) is 2.23. The third kappa shape index (κ3) is 3.32. The molecule has 0 saturated carbocycles. The molecule has 0 radical (unpaired) electrons. The predicted molar refractivity (Wildman–Crippen MR) is 65.4 cm³/mol. The van der Waals surface area contributed by atoms with Crippen LogP contribution in [-0.2, 0) is 9.53 Å². The standard InChI is InChI=1S/C13H13FN2O2/c1-3-18-13(17)9(2)8-16-12-6-4-5-11(14)10(12)7-15/h4-6,16H,2-3,8H2,1H3. The highest BCUT2D eigenvalue weighted by molar-refractivity contribution is 5.88. The molecule has 0 bridgehead atoms. The van der Waals surface area contributed by atoms with Crippen molar-refractivity contribution in [3.63, 3.8) is 0 Å². The second kappa shape index (κ2) is 6.40. The Kier molecular flexibility index (Phi) is 4.88. The van der Waals surface area contributed by atoms with Crippen molar-refractivity contribution in [1.82, 2.24) is 0 Å². The van der Waals surface area contributed by atoms with E-state index in [-0.39, 0.29) is 24.3 Å². The minimum absolute atomic E-state index is 0.0887. The molecule has 0 fully saturated rings. The van der Waals surface area contributed by atoms with Gasteiger partial charge in [-0.25, -0.2) is 9.18 Å². The number of carbonyl (C=O) groups excluding carboxylic acids is 1. The molecule has 1 aromatic carbocycles. The maximum atomic E-state index is 13.3. The average Bonchev–Trinajstić information content (AvgIpc) is 2.36. The fourth-order valence-electron chi connectivity index (χ4n) is 1.29. The summed E-state index contributed by atoms with van der Waals surface area (Å²) >= 11 is 0. The molecule has 0 aliphatic carbocycles. The summed E-state index contributed by atoms with van der Waals surface area (Å²) in [5.41, 5.74) is 0.446. The van der Waals surface area contributed by atoms with Crippen molar-refractivity contribution in [2.75, 3.05) is 18.5 Å². The van der Waals surface area contributed by atoms with Gasteiger partial charge in [0, 0.05) is 12.1 Å². The van der Waals surface area contributed by atoms with Crippen LogP contribution in [-0.4, -0.2) is 19.1 Å². The minimum atomic E-state index is -0.607. The summed E-state index contributed by atoms with van der Waals surface area (Å²) in [7, 11) is 0. The number of nitriles is 1. The third-order valence-electron chi connectivity index (χ3n) is 2.18. The number of ether oxygens (including phenoxy) is 1. The molecule has 0 aliphatic rings. The molecule has 1 rings (SSSR count). The van der Waals surface area contributed by atoms with Crippen LogP contribution < -0.4 is 5.32 Å². The van der Waals surface area contributed by atoms with Crippen LogP contribution in [0.15, 0.2) is 30.4 Å². The Bertz CT molecular complexity index is 506. The molecule has 0 unspecified atom stereocenters. The van der Waals surface area contributed by atoms with Crippen molar-refractivity contribution in [2.24, 2.45) is 0 Å². The van der Waals surface area contributed by atoms with Gasteiger partial charge in [-0.1, -0.05) is 12.6 Å². The SMILES string of the molecule is C=C(CNc1cccc(F)c1C#N)C(=O)OCC. The van der Waals surface area contributed by atoms with Gasteiger partial charge in [0.1, 0.15) is 17.4 Å². The number of esters is 1. The number of nitrogens with zero attached hydrogens (tertiary/aromatic N) is 1. The summed E-state index contributed by atoms with van der Waals surface area (Å²) in [5, 5.41) is 11.6. The van der Waals surface area contributed by atoms with Crippen LogP contribution in [0.5, 0.6) is 0 Å². The molecule has 0 amide bonds. The second-order valence-electron chi connectivity index (χ2n) is 3.45. The third-order valence-corrected chi connectivity index (χ3v) is 2.18. The lowest BCUT2D eigenvalue weighted by Crippen LogP contribution is -2.15. The van der Waals surface area contributed by atoms with Crippen LogP contribution in [0.1, 0.15) is 12.5 Å². The lowest BCUT2D eigenvalue weighted by atomic mass is 10.1. The Morgan fingerprint density at radius 3 is 2.94 bits per heavy atom. The van der Waals surface area contributed by atoms with Gasteiger partial charge in [0.05, 0.1) is 12.3 Å². The molecule has 1 aromatic rings. The van der Waals surface area contributed by atoms with Crippen LogP contribution in [0.3, 0.4) is 0 Å². The molecule has 0 aliphatic heterocycles. The second-order valence-corrected chi connectivity index (χ2v) is 3.45. The van der Waals surface area contributed by atoms with Gasteiger partial charge in [0.15, 0.2) is 0 Å². The Morgan fingerprint density at radius 2 is 2.33 bits per heavy atom. The molecule has 18 heavy (non-hydrogen) atoms. The van der Waals surface area contributed by atoms with Crippen molar-refractivity contribution < 1.29 is 13.9 Å². The molecule has 1 N–H and O–H groups in total. The fourth-order valence-corrected chi connectivity index (χ4v) is 1.29. The maximum absolute atomic E-state index is 13.3. The monoisotopic (exact) mass is 248 g/mol. The summed E-state index contributed by atoms with van der Waals surface area (Å²) in [6.45, 7) is 5.61. The topological polar surface area (TPSA) is 62.1 Å². The summed E-state index contributed by atoms with van der Waals surface area (Å²) in [4.78, 5) is 11.3. The number of carbonyl (C=O) groups is 1. The van der Waals surface area contributed by atoms with Gasteiger partial charge >= 0.3 is 5.97 Å². The largest absolute Gasteiger partial charge is 0.463 e. The quantitative estimate of drug-likeness (QED) is 0.641. The summed E-state index contributed by atoms with van der Waals surface area (Å²) < 4.78 is 18.0. The van der Waals surface area contributed by atoms with Crippen molar-refractivity contribution in [3.8, 4) is 6.07 Å². The van der Waals surface area contributed by atoms with E-state index in [0.29, 0.717) is 5.69 Å². The number of halogens is 1. The summed E-state index contributed by atoms with van der Waals surface area (Å²) in [6.07, 6.45) is 0. The van der Waals surface area contributed by atoms with E-state index < -0.39 is 11.8 Å². The molecule has 5 heteroatoms. The number of rotatable bonds is 5. The van der Waals surface area contributed by atoms with Crippen molar-refractivity contribution in [3.05, 3.63) is 41.7 Å². The molecular weight excluding hydrogens is 235 g/mol. The first kappa shape index (κ1) is 13.7. The van der Waals surface area contributed by atoms with Crippen molar-refractivity contribution >= 4 is 11.7 Å². The van der Waals surface area contributed by atoms with E-state index in [1.165, 1.54) is 12.1 Å². The van der Waals surface area contributed by atoms with Crippen LogP contribution in [0.2, 0.25) is 0 Å². The van der Waals surface area contributed by atoms with E-state index in [1.54, 1.807) is 19.1 Å². The summed E-state index contributed by atoms with van der Waals surface area (Å²) in [6, 6.07) is 5.99. The fraction of sp³-hybridized carbons (Fsp3) is 0.231. The highest BCUT2D eigenvalue weighted by atomic mass is 19.1. The Hall–Kier alpha value is -2.35. The van der Waals surface area contributed by atoms with Gasteiger partial charge in [-0.05, 0) is 19.1 Å². The first-order valence-corrected chi connectivity index (χ1v) is 5.37. The van der Waals surface area contributed by atoms with E-state index in [4.69, 9.17) is 10.00 Å². The zero-order valence-corrected chi connectivity index (χ0v) is 10.00. The smallest absolute Gasteiger partial charge is 0.335 e. The van der Waals surface area contributed by atoms with Gasteiger partial charge < -0.3 is 10.1 Å². The van der Waals surface area contributed by atoms with Gasteiger partial charge in [0.25, 0.3) is 0 Å². The van der Waals surface area contributed by atoms with E-state index in [2.05, 4.69) is 11.9 Å². The van der Waals surface area contributed by atoms with Gasteiger partial charge in [0.2, 0.25) is 0 Å². The van der Waals surface area contributed by atoms with Gasteiger partial charge in [-0.2, -0.15) is 5.26 Å². The minimum Gasteiger partial charge on any atom is -0.463 e. The molecule has 0 spiro atoms. The average molecular weight is 248 g/mol. The van der Waals surface area contributed by atoms with E-state index in [0.717, 1.165) is 0 Å². The number of hydrogen-bond donors (Lipinski definition) is 1. The van der Waals surface area contributed by atoms with E-state index in [9.17, 15) is 9.18 Å². The molecule has 0 atom stereocenters. The van der Waals surface area contributed by atoms with Crippen LogP contribution in [0, 0.1) is 17.1 Å². The van der Waals surface area contributed by atoms with Crippen molar-refractivity contribution in [1.29, 1.82) is 5.26 Å². The summed E-state index contributed by atoms with van der Waals surface area (Å²) in [5.74, 6) is -1.12. The van der Waals surface area contributed by atoms with E-state index in [1.807, 2.05) is 0 Å². The number of nitrogens with one attached hydrogen (secondary N) is 1. The van der Waals surface area contributed by atoms with Crippen LogP contribution in [0.4, 0.5) is 10.1 Å². The number of hydrogen-bond acceptors (Lipinski definition) is 4. The molecule has 4 nitrogen and oxygen atoms in total. The Morgan fingerprint density at radius 1 is 1.61 bits per heavy atom. The van der Waals surface area contributed by atoms with Crippen LogP contribution >= 0.6 is 0 Å². The number of benzene rings is 1. The van der Waals surface area contributed by atoms with Gasteiger partial charge in [-0.3, -0.25) is 0 Å². The first-order valence-electron chi connectivity index (χ1n) is 5.37. The molecule has 0 saturated heterocycles. The zero-order valence-electron chi connectivity index (χ0n) is 10.00. The highest BCUT2D eigenvalue weighted by Crippen LogP contribution is 2.17. The lowest BCUT2D eigenvalue weighted by Gasteiger charge is -2.09.